The van der Waals surface area contributed by atoms with E-state index in [0.29, 0.717) is 31.3 Å². The van der Waals surface area contributed by atoms with Crippen molar-refractivity contribution in [1.82, 2.24) is 0 Å². The number of anilines is 1. The molecule has 0 saturated carbocycles. The molecule has 3 rings (SSSR count). The van der Waals surface area contributed by atoms with Crippen molar-refractivity contribution < 1.29 is 13.9 Å². The minimum atomic E-state index is -0.438. The zero-order chi connectivity index (χ0) is 20.8. The molecule has 3 aromatic carbocycles. The molecule has 0 aliphatic heterocycles. The van der Waals surface area contributed by atoms with Crippen LogP contribution in [0.5, 0.6) is 11.5 Å². The predicted molar refractivity (Wildman–Crippen MR) is 120 cm³/mol. The van der Waals surface area contributed by atoms with Crippen LogP contribution in [-0.2, 0) is 13.2 Å². The van der Waals surface area contributed by atoms with Gasteiger partial charge in [-0.3, -0.25) is 0 Å². The molecule has 0 fully saturated rings. The van der Waals surface area contributed by atoms with Gasteiger partial charge in [-0.25, -0.2) is 4.39 Å². The largest absolute Gasteiger partial charge is 0.490 e. The Morgan fingerprint density at radius 3 is 2.55 bits per heavy atom. The molecule has 0 amide bonds. The average molecular weight is 479 g/mol. The third-order valence-electron chi connectivity index (χ3n) is 4.29. The highest BCUT2D eigenvalue weighted by molar-refractivity contribution is 9.10. The van der Waals surface area contributed by atoms with Gasteiger partial charge in [0, 0.05) is 16.7 Å². The summed E-state index contributed by atoms with van der Waals surface area (Å²) >= 11 is 9.46. The highest BCUT2D eigenvalue weighted by Gasteiger charge is 2.12. The second-order valence-electron chi connectivity index (χ2n) is 6.58. The maximum Gasteiger partial charge on any atom is 0.162 e. The van der Waals surface area contributed by atoms with Crippen molar-refractivity contribution in [2.75, 3.05) is 11.9 Å². The standard InChI is InChI=1S/C23H22BrClFNO2/c1-3-28-22-10-17(13-27-18-7-8-21(26)20(25)11-18)19(24)12-23(22)29-14-16-6-4-5-15(2)9-16/h4-12,27H,3,13-14H2,1-2H3. The van der Waals surface area contributed by atoms with E-state index in [9.17, 15) is 4.39 Å². The number of nitrogens with one attached hydrogen (secondary N) is 1. The summed E-state index contributed by atoms with van der Waals surface area (Å²) in [6, 6.07) is 16.6. The summed E-state index contributed by atoms with van der Waals surface area (Å²) in [6.07, 6.45) is 0. The van der Waals surface area contributed by atoms with E-state index >= 15 is 0 Å². The molecular weight excluding hydrogens is 457 g/mol. The van der Waals surface area contributed by atoms with Crippen molar-refractivity contribution in [3.05, 3.63) is 86.6 Å². The zero-order valence-corrected chi connectivity index (χ0v) is 18.6. The van der Waals surface area contributed by atoms with E-state index < -0.39 is 5.82 Å². The lowest BCUT2D eigenvalue weighted by Crippen LogP contribution is -2.04. The van der Waals surface area contributed by atoms with E-state index in [1.165, 1.54) is 11.6 Å². The lowest BCUT2D eigenvalue weighted by atomic mass is 10.1. The zero-order valence-electron chi connectivity index (χ0n) is 16.3. The van der Waals surface area contributed by atoms with Crippen molar-refractivity contribution in [3.63, 3.8) is 0 Å². The summed E-state index contributed by atoms with van der Waals surface area (Å²) in [4.78, 5) is 0. The van der Waals surface area contributed by atoms with Crippen molar-refractivity contribution in [2.24, 2.45) is 0 Å². The van der Waals surface area contributed by atoms with E-state index in [1.807, 2.05) is 31.2 Å². The van der Waals surface area contributed by atoms with Crippen LogP contribution in [0.3, 0.4) is 0 Å². The molecule has 6 heteroatoms. The summed E-state index contributed by atoms with van der Waals surface area (Å²) < 4.78 is 26.0. The molecular formula is C23H22BrClFNO2. The Hall–Kier alpha value is -2.24. The van der Waals surface area contributed by atoms with Crippen LogP contribution in [0.4, 0.5) is 10.1 Å². The van der Waals surface area contributed by atoms with Gasteiger partial charge in [0.15, 0.2) is 11.5 Å². The third kappa shape index (κ3) is 5.87. The summed E-state index contributed by atoms with van der Waals surface area (Å²) in [5, 5.41) is 3.33. The summed E-state index contributed by atoms with van der Waals surface area (Å²) in [5.41, 5.74) is 4.01. The van der Waals surface area contributed by atoms with Gasteiger partial charge in [0.2, 0.25) is 0 Å². The van der Waals surface area contributed by atoms with Crippen LogP contribution in [0.2, 0.25) is 5.02 Å². The molecule has 3 aromatic rings. The van der Waals surface area contributed by atoms with Gasteiger partial charge in [0.05, 0.1) is 11.6 Å². The summed E-state index contributed by atoms with van der Waals surface area (Å²) in [6.45, 7) is 5.50. The van der Waals surface area contributed by atoms with Crippen LogP contribution in [0.15, 0.2) is 59.1 Å². The smallest absolute Gasteiger partial charge is 0.162 e. The van der Waals surface area contributed by atoms with E-state index in [4.69, 9.17) is 21.1 Å². The molecule has 0 spiro atoms. The molecule has 0 saturated heterocycles. The normalized spacial score (nSPS) is 10.7. The number of halogens is 3. The fourth-order valence-electron chi connectivity index (χ4n) is 2.86. The van der Waals surface area contributed by atoms with Gasteiger partial charge < -0.3 is 14.8 Å². The average Bonchev–Trinajstić information content (AvgIpc) is 2.69. The Morgan fingerprint density at radius 2 is 1.83 bits per heavy atom. The summed E-state index contributed by atoms with van der Waals surface area (Å²) in [7, 11) is 0. The molecule has 0 unspecified atom stereocenters. The van der Waals surface area contributed by atoms with Crippen LogP contribution in [0.1, 0.15) is 23.6 Å². The Kier molecular flexibility index (Phi) is 7.40. The fourth-order valence-corrected chi connectivity index (χ4v) is 3.50. The number of aryl methyl sites for hydroxylation is 1. The molecule has 0 aliphatic rings. The second-order valence-corrected chi connectivity index (χ2v) is 7.85. The lowest BCUT2D eigenvalue weighted by molar-refractivity contribution is 0.269. The quantitative estimate of drug-likeness (QED) is 0.373. The topological polar surface area (TPSA) is 30.5 Å². The lowest BCUT2D eigenvalue weighted by Gasteiger charge is -2.16. The van der Waals surface area contributed by atoms with Gasteiger partial charge in [-0.1, -0.05) is 57.4 Å². The maximum absolute atomic E-state index is 13.3. The van der Waals surface area contributed by atoms with Crippen LogP contribution < -0.4 is 14.8 Å². The molecule has 0 aliphatic carbocycles. The monoisotopic (exact) mass is 477 g/mol. The number of hydrogen-bond acceptors (Lipinski definition) is 3. The van der Waals surface area contributed by atoms with Gasteiger partial charge in [-0.2, -0.15) is 0 Å². The molecule has 29 heavy (non-hydrogen) atoms. The van der Waals surface area contributed by atoms with E-state index in [0.717, 1.165) is 21.3 Å². The Labute approximate surface area is 183 Å². The maximum atomic E-state index is 13.3. The molecule has 0 radical (unpaired) electrons. The number of benzene rings is 3. The van der Waals surface area contributed by atoms with Gasteiger partial charge in [0.1, 0.15) is 12.4 Å². The van der Waals surface area contributed by atoms with Crippen molar-refractivity contribution in [3.8, 4) is 11.5 Å². The first kappa shape index (κ1) is 21.5. The van der Waals surface area contributed by atoms with E-state index in [-0.39, 0.29) is 5.02 Å². The van der Waals surface area contributed by atoms with Gasteiger partial charge in [0.25, 0.3) is 0 Å². The molecule has 0 aromatic heterocycles. The molecule has 152 valence electrons. The van der Waals surface area contributed by atoms with E-state index in [2.05, 4.69) is 40.3 Å². The highest BCUT2D eigenvalue weighted by Crippen LogP contribution is 2.35. The Morgan fingerprint density at radius 1 is 1.03 bits per heavy atom. The van der Waals surface area contributed by atoms with Crippen LogP contribution in [0, 0.1) is 12.7 Å². The Balaban J connectivity index is 1.75. The molecule has 0 atom stereocenters. The van der Waals surface area contributed by atoms with Crippen LogP contribution in [-0.4, -0.2) is 6.61 Å². The van der Waals surface area contributed by atoms with Crippen LogP contribution in [0.25, 0.3) is 0 Å². The van der Waals surface area contributed by atoms with Crippen molar-refractivity contribution >= 4 is 33.2 Å². The van der Waals surface area contributed by atoms with Crippen LogP contribution >= 0.6 is 27.5 Å². The molecule has 0 heterocycles. The first-order valence-electron chi connectivity index (χ1n) is 9.28. The van der Waals surface area contributed by atoms with Gasteiger partial charge in [-0.15, -0.1) is 0 Å². The highest BCUT2D eigenvalue weighted by atomic mass is 79.9. The van der Waals surface area contributed by atoms with Gasteiger partial charge in [-0.05, 0) is 55.3 Å². The van der Waals surface area contributed by atoms with Gasteiger partial charge >= 0.3 is 0 Å². The first-order chi connectivity index (χ1) is 14.0. The summed E-state index contributed by atoms with van der Waals surface area (Å²) in [5.74, 6) is 0.915. The molecule has 0 bridgehead atoms. The minimum absolute atomic E-state index is 0.0870. The first-order valence-corrected chi connectivity index (χ1v) is 10.5. The number of rotatable bonds is 8. The minimum Gasteiger partial charge on any atom is -0.490 e. The molecule has 1 N–H and O–H groups in total. The van der Waals surface area contributed by atoms with Crippen molar-refractivity contribution in [1.29, 1.82) is 0 Å². The second kappa shape index (κ2) is 9.99. The third-order valence-corrected chi connectivity index (χ3v) is 5.32. The number of ether oxygens (including phenoxy) is 2. The predicted octanol–water partition coefficient (Wildman–Crippen LogP) is 7.14. The SMILES string of the molecule is CCOc1cc(CNc2ccc(F)c(Cl)c2)c(Br)cc1OCc1cccc(C)c1. The Bertz CT molecular complexity index is 997. The van der Waals surface area contributed by atoms with E-state index in [1.54, 1.807) is 12.1 Å². The fraction of sp³-hybridized carbons (Fsp3) is 0.217. The van der Waals surface area contributed by atoms with Crippen molar-refractivity contribution in [2.45, 2.75) is 27.0 Å². The number of hydrogen-bond donors (Lipinski definition) is 1. The molecule has 3 nitrogen and oxygen atoms in total.